The number of esters is 1. The molecule has 1 saturated carbocycles. The van der Waals surface area contributed by atoms with E-state index in [-0.39, 0.29) is 18.8 Å². The van der Waals surface area contributed by atoms with Crippen molar-refractivity contribution < 1.29 is 19.1 Å². The van der Waals surface area contributed by atoms with E-state index < -0.39 is 5.97 Å². The summed E-state index contributed by atoms with van der Waals surface area (Å²) in [5, 5.41) is 2.61. The van der Waals surface area contributed by atoms with Crippen LogP contribution in [0.1, 0.15) is 32.6 Å². The van der Waals surface area contributed by atoms with E-state index in [1.807, 2.05) is 0 Å². The molecule has 1 amide bonds. The van der Waals surface area contributed by atoms with E-state index in [2.05, 4.69) is 11.9 Å². The Morgan fingerprint density at radius 1 is 1.41 bits per heavy atom. The molecule has 0 radical (unpaired) electrons. The predicted octanol–water partition coefficient (Wildman–Crippen LogP) is 1.77. The second-order valence-electron chi connectivity index (χ2n) is 4.15. The van der Waals surface area contributed by atoms with E-state index in [0.29, 0.717) is 18.5 Å². The number of carbonyl (C=O) groups excluding carboxylic acids is 2. The number of amides is 1. The summed E-state index contributed by atoms with van der Waals surface area (Å²) in [7, 11) is 0. The zero-order valence-corrected chi connectivity index (χ0v) is 10.2. The number of nitrogens with one attached hydrogen (secondary N) is 1. The minimum atomic E-state index is -0.401. The smallest absolute Gasteiger partial charge is 0.407 e. The van der Waals surface area contributed by atoms with Gasteiger partial charge in [0.05, 0.1) is 6.61 Å². The topological polar surface area (TPSA) is 64.6 Å². The van der Waals surface area contributed by atoms with Gasteiger partial charge in [-0.1, -0.05) is 6.58 Å². The molecule has 0 saturated heterocycles. The predicted molar refractivity (Wildman–Crippen MR) is 62.5 cm³/mol. The van der Waals surface area contributed by atoms with Crippen molar-refractivity contribution in [3.05, 3.63) is 12.2 Å². The zero-order chi connectivity index (χ0) is 12.7. The van der Waals surface area contributed by atoms with Crippen molar-refractivity contribution in [3.8, 4) is 0 Å². The SMILES string of the molecule is C=C(C)C(=O)OCCCNC(=O)OC1CCC1. The molecule has 1 N–H and O–H groups in total. The molecule has 0 aromatic heterocycles. The van der Waals surface area contributed by atoms with Crippen molar-refractivity contribution in [1.29, 1.82) is 0 Å². The Hall–Kier alpha value is -1.52. The monoisotopic (exact) mass is 241 g/mol. The van der Waals surface area contributed by atoms with Crippen LogP contribution in [0.5, 0.6) is 0 Å². The van der Waals surface area contributed by atoms with E-state index in [4.69, 9.17) is 9.47 Å². The Bertz CT molecular complexity index is 297. The van der Waals surface area contributed by atoms with Crippen molar-refractivity contribution in [2.24, 2.45) is 0 Å². The zero-order valence-electron chi connectivity index (χ0n) is 10.2. The molecule has 0 aromatic carbocycles. The fraction of sp³-hybridized carbons (Fsp3) is 0.667. The van der Waals surface area contributed by atoms with Crippen molar-refractivity contribution in [2.45, 2.75) is 38.7 Å². The molecule has 0 unspecified atom stereocenters. The molecule has 5 nitrogen and oxygen atoms in total. The van der Waals surface area contributed by atoms with Crippen LogP contribution in [0, 0.1) is 0 Å². The third-order valence-electron chi connectivity index (χ3n) is 2.50. The summed E-state index contributed by atoms with van der Waals surface area (Å²) in [4.78, 5) is 22.2. The van der Waals surface area contributed by atoms with E-state index in [1.165, 1.54) is 0 Å². The van der Waals surface area contributed by atoms with Crippen LogP contribution in [0.4, 0.5) is 4.79 Å². The van der Waals surface area contributed by atoms with Crippen LogP contribution in [0.15, 0.2) is 12.2 Å². The number of rotatable bonds is 6. The molecule has 1 aliphatic carbocycles. The van der Waals surface area contributed by atoms with Gasteiger partial charge in [-0.25, -0.2) is 9.59 Å². The van der Waals surface area contributed by atoms with Gasteiger partial charge in [-0.3, -0.25) is 0 Å². The number of ether oxygens (including phenoxy) is 2. The Kier molecular flexibility index (Phi) is 5.52. The summed E-state index contributed by atoms with van der Waals surface area (Å²) in [6.07, 6.45) is 3.33. The van der Waals surface area contributed by atoms with Crippen LogP contribution in [-0.4, -0.2) is 31.3 Å². The molecule has 0 heterocycles. The van der Waals surface area contributed by atoms with Crippen molar-refractivity contribution in [2.75, 3.05) is 13.2 Å². The summed E-state index contributed by atoms with van der Waals surface area (Å²) in [5.74, 6) is -0.401. The Balaban J connectivity index is 1.94. The van der Waals surface area contributed by atoms with Crippen molar-refractivity contribution in [3.63, 3.8) is 0 Å². The molecular formula is C12H19NO4. The number of hydrogen-bond acceptors (Lipinski definition) is 4. The van der Waals surface area contributed by atoms with Gasteiger partial charge in [0.1, 0.15) is 6.10 Å². The molecule has 0 bridgehead atoms. The third kappa shape index (κ3) is 5.38. The molecule has 0 atom stereocenters. The van der Waals surface area contributed by atoms with E-state index in [0.717, 1.165) is 19.3 Å². The Labute approximate surface area is 101 Å². The van der Waals surface area contributed by atoms with Gasteiger partial charge in [0, 0.05) is 12.1 Å². The standard InChI is InChI=1S/C12H19NO4/c1-9(2)11(14)16-8-4-7-13-12(15)17-10-5-3-6-10/h10H,1,3-8H2,2H3,(H,13,15). The summed E-state index contributed by atoms with van der Waals surface area (Å²) < 4.78 is 9.95. The van der Waals surface area contributed by atoms with Gasteiger partial charge < -0.3 is 14.8 Å². The second kappa shape index (κ2) is 6.93. The molecule has 1 aliphatic rings. The fourth-order valence-electron chi connectivity index (χ4n) is 1.23. The minimum absolute atomic E-state index is 0.0937. The van der Waals surface area contributed by atoms with E-state index in [9.17, 15) is 9.59 Å². The van der Waals surface area contributed by atoms with E-state index in [1.54, 1.807) is 6.92 Å². The largest absolute Gasteiger partial charge is 0.462 e. The maximum Gasteiger partial charge on any atom is 0.407 e. The molecule has 0 spiro atoms. The van der Waals surface area contributed by atoms with Gasteiger partial charge in [0.15, 0.2) is 0 Å². The number of alkyl carbamates (subject to hydrolysis) is 1. The van der Waals surface area contributed by atoms with Gasteiger partial charge in [-0.15, -0.1) is 0 Å². The quantitative estimate of drug-likeness (QED) is 0.437. The highest BCUT2D eigenvalue weighted by molar-refractivity contribution is 5.86. The Morgan fingerprint density at radius 3 is 2.65 bits per heavy atom. The molecule has 5 heteroatoms. The average Bonchev–Trinajstić information content (AvgIpc) is 2.22. The summed E-state index contributed by atoms with van der Waals surface area (Å²) in [5.41, 5.74) is 0.377. The molecule has 96 valence electrons. The molecule has 17 heavy (non-hydrogen) atoms. The molecule has 1 fully saturated rings. The molecule has 0 aliphatic heterocycles. The highest BCUT2D eigenvalue weighted by Crippen LogP contribution is 2.21. The lowest BCUT2D eigenvalue weighted by Gasteiger charge is -2.25. The number of hydrogen-bond donors (Lipinski definition) is 1. The van der Waals surface area contributed by atoms with Crippen LogP contribution in [0.3, 0.4) is 0 Å². The van der Waals surface area contributed by atoms with Gasteiger partial charge in [0.25, 0.3) is 0 Å². The van der Waals surface area contributed by atoms with Crippen molar-refractivity contribution in [1.82, 2.24) is 5.32 Å². The highest BCUT2D eigenvalue weighted by Gasteiger charge is 2.21. The lowest BCUT2D eigenvalue weighted by atomic mass is 9.96. The molecule has 0 aromatic rings. The van der Waals surface area contributed by atoms with Gasteiger partial charge in [-0.2, -0.15) is 0 Å². The maximum absolute atomic E-state index is 11.2. The van der Waals surface area contributed by atoms with Crippen molar-refractivity contribution >= 4 is 12.1 Å². The first-order valence-corrected chi connectivity index (χ1v) is 5.86. The third-order valence-corrected chi connectivity index (χ3v) is 2.50. The molecular weight excluding hydrogens is 222 g/mol. The van der Waals surface area contributed by atoms with Crippen LogP contribution in [0.2, 0.25) is 0 Å². The maximum atomic E-state index is 11.2. The van der Waals surface area contributed by atoms with E-state index >= 15 is 0 Å². The lowest BCUT2D eigenvalue weighted by Crippen LogP contribution is -2.33. The van der Waals surface area contributed by atoms with Gasteiger partial charge >= 0.3 is 12.1 Å². The Morgan fingerprint density at radius 2 is 2.12 bits per heavy atom. The first-order chi connectivity index (χ1) is 8.09. The van der Waals surface area contributed by atoms with Gasteiger partial charge in [0.2, 0.25) is 0 Å². The fourth-order valence-corrected chi connectivity index (χ4v) is 1.23. The van der Waals surface area contributed by atoms with Crippen LogP contribution in [-0.2, 0) is 14.3 Å². The van der Waals surface area contributed by atoms with Gasteiger partial charge in [-0.05, 0) is 32.6 Å². The van der Waals surface area contributed by atoms with Crippen LogP contribution in [0.25, 0.3) is 0 Å². The second-order valence-corrected chi connectivity index (χ2v) is 4.15. The van der Waals surface area contributed by atoms with Crippen LogP contribution < -0.4 is 5.32 Å². The first-order valence-electron chi connectivity index (χ1n) is 5.86. The minimum Gasteiger partial charge on any atom is -0.462 e. The normalized spacial score (nSPS) is 14.6. The highest BCUT2D eigenvalue weighted by atomic mass is 16.6. The summed E-state index contributed by atoms with van der Waals surface area (Å²) in [6, 6.07) is 0. The molecule has 1 rings (SSSR count). The summed E-state index contributed by atoms with van der Waals surface area (Å²) >= 11 is 0. The number of carbonyl (C=O) groups is 2. The first kappa shape index (κ1) is 13.5. The summed E-state index contributed by atoms with van der Waals surface area (Å²) in [6.45, 7) is 5.77. The average molecular weight is 241 g/mol. The lowest BCUT2D eigenvalue weighted by molar-refractivity contribution is -0.138. The van der Waals surface area contributed by atoms with Crippen LogP contribution >= 0.6 is 0 Å².